The first-order valence-corrected chi connectivity index (χ1v) is 12.8. The van der Waals surface area contributed by atoms with Crippen LogP contribution in [0.4, 0.5) is 10.1 Å². The highest BCUT2D eigenvalue weighted by Gasteiger charge is 2.40. The Balaban J connectivity index is 1.33. The number of nitrogens with zero attached hydrogens (tertiary/aromatic N) is 2. The number of carbonyl (C=O) groups is 2. The maximum Gasteiger partial charge on any atom is 0.255 e. The molecule has 0 bridgehead atoms. The van der Waals surface area contributed by atoms with Gasteiger partial charge < -0.3 is 30.5 Å². The topological polar surface area (TPSA) is 114 Å². The summed E-state index contributed by atoms with van der Waals surface area (Å²) < 4.78 is 20.5. The lowest BCUT2D eigenvalue weighted by Crippen LogP contribution is -2.55. The summed E-state index contributed by atoms with van der Waals surface area (Å²) in [5.41, 5.74) is 2.94. The molecule has 2 saturated heterocycles. The third-order valence-electron chi connectivity index (χ3n) is 7.46. The summed E-state index contributed by atoms with van der Waals surface area (Å²) in [6.45, 7) is 8.47. The average molecular weight is 525 g/mol. The lowest BCUT2D eigenvalue weighted by atomic mass is 10.0. The molecule has 3 heterocycles. The molecule has 3 unspecified atom stereocenters. The van der Waals surface area contributed by atoms with Gasteiger partial charge in [0.2, 0.25) is 5.91 Å². The largest absolute Gasteiger partial charge is 0.381 e. The number of amides is 2. The van der Waals surface area contributed by atoms with Crippen LogP contribution in [0.1, 0.15) is 53.7 Å². The molecule has 3 atom stereocenters. The summed E-state index contributed by atoms with van der Waals surface area (Å²) in [7, 11) is 0. The zero-order chi connectivity index (χ0) is 27.2. The molecule has 5 rings (SSSR count). The van der Waals surface area contributed by atoms with E-state index in [1.54, 1.807) is 23.1 Å². The van der Waals surface area contributed by atoms with Gasteiger partial charge in [0.25, 0.3) is 11.8 Å². The molecule has 3 aliphatic heterocycles. The fourth-order valence-corrected chi connectivity index (χ4v) is 5.56. The van der Waals surface area contributed by atoms with E-state index < -0.39 is 17.8 Å². The van der Waals surface area contributed by atoms with Gasteiger partial charge in [-0.1, -0.05) is 12.6 Å². The summed E-state index contributed by atoms with van der Waals surface area (Å²) in [6.07, 6.45) is 0.757. The fraction of sp³-hybridized carbons (Fsp3) is 0.429. The standard InChI is InChI=1S/C28H33FN4O5/c1-16-7-10-25(26(34)31-16)33-15-22-21(27(33)35)5-4-6-24(22)30-12-19-11-20(8-9-23(19)29)28(36,37)32-13-17(2)38-18(3)14-32/h4-6,8-9,11,17-18,25,30,36-37H,1,7,10,12-15H2,2-3H3,(H,31,34). The second-order valence-corrected chi connectivity index (χ2v) is 10.4. The number of allylic oxidation sites excluding steroid dienone is 1. The Labute approximate surface area is 220 Å². The van der Waals surface area contributed by atoms with Gasteiger partial charge in [0.05, 0.1) is 12.2 Å². The number of rotatable bonds is 6. The average Bonchev–Trinajstić information content (AvgIpc) is 3.19. The van der Waals surface area contributed by atoms with Gasteiger partial charge in [-0.05, 0) is 57.0 Å². The molecule has 4 N–H and O–H groups in total. The Morgan fingerprint density at radius 3 is 2.63 bits per heavy atom. The molecule has 0 spiro atoms. The minimum atomic E-state index is -2.29. The van der Waals surface area contributed by atoms with Crippen molar-refractivity contribution in [2.75, 3.05) is 18.4 Å². The summed E-state index contributed by atoms with van der Waals surface area (Å²) in [6, 6.07) is 8.72. The second kappa shape index (κ2) is 10.1. The van der Waals surface area contributed by atoms with Gasteiger partial charge in [-0.15, -0.1) is 0 Å². The SMILES string of the molecule is C=C1CCC(N2Cc3c(NCc4cc(C(O)(O)N5CC(C)OC(C)C5)ccc4F)cccc3C2=O)C(=O)N1. The third-order valence-corrected chi connectivity index (χ3v) is 7.46. The molecule has 202 valence electrons. The molecule has 3 aliphatic rings. The number of carbonyl (C=O) groups excluding carboxylic acids is 2. The molecule has 2 aromatic carbocycles. The van der Waals surface area contributed by atoms with Gasteiger partial charge in [-0.3, -0.25) is 9.59 Å². The van der Waals surface area contributed by atoms with E-state index in [4.69, 9.17) is 4.74 Å². The lowest BCUT2D eigenvalue weighted by Gasteiger charge is -2.42. The highest BCUT2D eigenvalue weighted by Crippen LogP contribution is 2.34. The molecule has 2 fully saturated rings. The van der Waals surface area contributed by atoms with E-state index in [0.717, 1.165) is 5.56 Å². The number of benzene rings is 2. The Kier molecular flexibility index (Phi) is 6.99. The summed E-state index contributed by atoms with van der Waals surface area (Å²) in [4.78, 5) is 28.7. The van der Waals surface area contributed by atoms with E-state index >= 15 is 0 Å². The van der Waals surface area contributed by atoms with Crippen molar-refractivity contribution in [3.63, 3.8) is 0 Å². The summed E-state index contributed by atoms with van der Waals surface area (Å²) in [5.74, 6) is -3.24. The van der Waals surface area contributed by atoms with Crippen LogP contribution in [0, 0.1) is 5.82 Å². The van der Waals surface area contributed by atoms with Crippen LogP contribution in [0.25, 0.3) is 0 Å². The minimum absolute atomic E-state index is 0.0556. The van der Waals surface area contributed by atoms with Crippen LogP contribution < -0.4 is 10.6 Å². The molecule has 0 radical (unpaired) electrons. The van der Waals surface area contributed by atoms with Crippen LogP contribution in [-0.4, -0.2) is 63.2 Å². The van der Waals surface area contributed by atoms with E-state index in [-0.39, 0.29) is 48.2 Å². The lowest BCUT2D eigenvalue weighted by molar-refractivity contribution is -0.298. The molecule has 0 aliphatic carbocycles. The summed E-state index contributed by atoms with van der Waals surface area (Å²) in [5, 5.41) is 27.9. The van der Waals surface area contributed by atoms with E-state index in [1.165, 1.54) is 23.1 Å². The maximum atomic E-state index is 14.8. The molecule has 0 aromatic heterocycles. The van der Waals surface area contributed by atoms with Gasteiger partial charge in [0, 0.05) is 59.8 Å². The minimum Gasteiger partial charge on any atom is -0.381 e. The van der Waals surface area contributed by atoms with Crippen LogP contribution in [-0.2, 0) is 28.5 Å². The van der Waals surface area contributed by atoms with Crippen molar-refractivity contribution in [2.45, 2.75) is 63.9 Å². The number of anilines is 1. The summed E-state index contributed by atoms with van der Waals surface area (Å²) >= 11 is 0. The van der Waals surface area contributed by atoms with Crippen molar-refractivity contribution in [2.24, 2.45) is 0 Å². The molecule has 2 aromatic rings. The van der Waals surface area contributed by atoms with Crippen molar-refractivity contribution in [1.82, 2.24) is 15.1 Å². The van der Waals surface area contributed by atoms with E-state index in [0.29, 0.717) is 42.9 Å². The van der Waals surface area contributed by atoms with Crippen LogP contribution in [0.3, 0.4) is 0 Å². The highest BCUT2D eigenvalue weighted by molar-refractivity contribution is 6.02. The van der Waals surface area contributed by atoms with Gasteiger partial charge in [0.15, 0.2) is 0 Å². The molecule has 9 nitrogen and oxygen atoms in total. The number of hydrogen-bond acceptors (Lipinski definition) is 7. The number of halogens is 1. The molecule has 10 heteroatoms. The van der Waals surface area contributed by atoms with Crippen molar-refractivity contribution in [1.29, 1.82) is 0 Å². The van der Waals surface area contributed by atoms with E-state index in [9.17, 15) is 24.2 Å². The number of fused-ring (bicyclic) bond motifs is 1. The molecule has 38 heavy (non-hydrogen) atoms. The van der Waals surface area contributed by atoms with Crippen LogP contribution in [0.15, 0.2) is 48.7 Å². The van der Waals surface area contributed by atoms with Gasteiger partial charge in [-0.25, -0.2) is 9.29 Å². The quantitative estimate of drug-likeness (QED) is 0.429. The predicted molar refractivity (Wildman–Crippen MR) is 138 cm³/mol. The van der Waals surface area contributed by atoms with Crippen molar-refractivity contribution in [3.05, 3.63) is 76.7 Å². The second-order valence-electron chi connectivity index (χ2n) is 10.4. The van der Waals surface area contributed by atoms with Gasteiger partial charge in [-0.2, -0.15) is 0 Å². The zero-order valence-corrected chi connectivity index (χ0v) is 21.5. The van der Waals surface area contributed by atoms with E-state index in [2.05, 4.69) is 17.2 Å². The Morgan fingerprint density at radius 2 is 1.92 bits per heavy atom. The van der Waals surface area contributed by atoms with Crippen molar-refractivity contribution in [3.8, 4) is 0 Å². The molecular weight excluding hydrogens is 491 g/mol. The Bertz CT molecular complexity index is 1270. The third kappa shape index (κ3) is 4.92. The first-order chi connectivity index (χ1) is 18.0. The number of ether oxygens (including phenoxy) is 1. The van der Waals surface area contributed by atoms with Gasteiger partial charge >= 0.3 is 0 Å². The Morgan fingerprint density at radius 1 is 1.18 bits per heavy atom. The van der Waals surface area contributed by atoms with Crippen LogP contribution >= 0.6 is 0 Å². The fourth-order valence-electron chi connectivity index (χ4n) is 5.56. The monoisotopic (exact) mass is 524 g/mol. The van der Waals surface area contributed by atoms with E-state index in [1.807, 2.05) is 13.8 Å². The highest BCUT2D eigenvalue weighted by atomic mass is 19.1. The molecular formula is C28H33FN4O5. The number of nitrogens with one attached hydrogen (secondary N) is 2. The first-order valence-electron chi connectivity index (χ1n) is 12.8. The normalized spacial score (nSPS) is 24.4. The maximum absolute atomic E-state index is 14.8. The molecule has 0 saturated carbocycles. The zero-order valence-electron chi connectivity index (χ0n) is 21.5. The van der Waals surface area contributed by atoms with Crippen molar-refractivity contribution < 1.29 is 28.9 Å². The molecule has 2 amide bonds. The van der Waals surface area contributed by atoms with Crippen molar-refractivity contribution >= 4 is 17.5 Å². The Hall–Kier alpha value is -3.31. The number of aliphatic hydroxyl groups is 2. The number of hydrogen-bond donors (Lipinski definition) is 4. The van der Waals surface area contributed by atoms with Crippen LogP contribution in [0.2, 0.25) is 0 Å². The number of morpholine rings is 1. The van der Waals surface area contributed by atoms with Crippen LogP contribution in [0.5, 0.6) is 0 Å². The van der Waals surface area contributed by atoms with Gasteiger partial charge in [0.1, 0.15) is 11.9 Å². The predicted octanol–water partition coefficient (Wildman–Crippen LogP) is 2.39. The number of piperidine rings is 1. The first kappa shape index (κ1) is 26.3. The smallest absolute Gasteiger partial charge is 0.255 e.